The zero-order valence-electron chi connectivity index (χ0n) is 16.9. The number of amides is 2. The average Bonchev–Trinajstić information content (AvgIpc) is 2.70. The molecule has 0 fully saturated rings. The average molecular weight is 399 g/mol. The first-order valence-corrected chi connectivity index (χ1v) is 8.98. The van der Waals surface area contributed by atoms with Gasteiger partial charge in [-0.15, -0.1) is 0 Å². The van der Waals surface area contributed by atoms with Crippen LogP contribution in [0.2, 0.25) is 0 Å². The van der Waals surface area contributed by atoms with Crippen LogP contribution in [0.25, 0.3) is 0 Å². The zero-order chi connectivity index (χ0) is 21.4. The number of anilines is 1. The van der Waals surface area contributed by atoms with Gasteiger partial charge in [-0.3, -0.25) is 9.59 Å². The lowest BCUT2D eigenvalue weighted by atomic mass is 10.1. The number of phenols is 1. The van der Waals surface area contributed by atoms with Crippen molar-refractivity contribution in [3.05, 3.63) is 47.0 Å². The minimum atomic E-state index is -0.394. The van der Waals surface area contributed by atoms with Crippen molar-refractivity contribution in [2.45, 2.75) is 26.7 Å². The van der Waals surface area contributed by atoms with E-state index in [1.54, 1.807) is 12.1 Å². The van der Waals surface area contributed by atoms with E-state index in [9.17, 15) is 14.7 Å². The Bertz CT molecular complexity index is 900. The summed E-state index contributed by atoms with van der Waals surface area (Å²) in [7, 11) is 2.83. The molecule has 0 atom stereocenters. The number of rotatable bonds is 8. The summed E-state index contributed by atoms with van der Waals surface area (Å²) in [5, 5.41) is 16.5. The molecule has 0 unspecified atom stereocenters. The van der Waals surface area contributed by atoms with Gasteiger partial charge in [0.2, 0.25) is 17.6 Å². The molecule has 0 radical (unpaired) electrons. The van der Waals surface area contributed by atoms with Gasteiger partial charge in [-0.25, -0.2) is 5.43 Å². The Morgan fingerprint density at radius 2 is 1.62 bits per heavy atom. The minimum absolute atomic E-state index is 0.00373. The second-order valence-corrected chi connectivity index (χ2v) is 6.41. The summed E-state index contributed by atoms with van der Waals surface area (Å²) in [6.45, 7) is 3.96. The van der Waals surface area contributed by atoms with Crippen molar-refractivity contribution in [1.29, 1.82) is 0 Å². The maximum Gasteiger partial charge on any atom is 0.240 e. The highest BCUT2D eigenvalue weighted by atomic mass is 16.5. The fourth-order valence-electron chi connectivity index (χ4n) is 2.49. The number of hydrogen-bond acceptors (Lipinski definition) is 6. The molecule has 8 nitrogen and oxygen atoms in total. The molecule has 0 saturated carbocycles. The van der Waals surface area contributed by atoms with Crippen molar-refractivity contribution in [3.63, 3.8) is 0 Å². The SMILES string of the molecule is COc1cc(/C=N/NC(=O)CCC(=O)Nc2ccc(C)c(C)c2)cc(OC)c1O. The molecule has 154 valence electrons. The first-order valence-electron chi connectivity index (χ1n) is 8.98. The number of methoxy groups -OCH3 is 2. The minimum Gasteiger partial charge on any atom is -0.502 e. The van der Waals surface area contributed by atoms with Crippen LogP contribution in [-0.2, 0) is 9.59 Å². The molecule has 0 saturated heterocycles. The topological polar surface area (TPSA) is 109 Å². The van der Waals surface area contributed by atoms with Crippen LogP contribution >= 0.6 is 0 Å². The van der Waals surface area contributed by atoms with E-state index in [1.807, 2.05) is 32.0 Å². The Hall–Kier alpha value is -3.55. The van der Waals surface area contributed by atoms with Gasteiger partial charge < -0.3 is 19.9 Å². The number of aromatic hydroxyl groups is 1. The third kappa shape index (κ3) is 6.24. The Morgan fingerprint density at radius 3 is 2.21 bits per heavy atom. The molecule has 0 aromatic heterocycles. The van der Waals surface area contributed by atoms with E-state index < -0.39 is 5.91 Å². The van der Waals surface area contributed by atoms with Gasteiger partial charge in [0.15, 0.2) is 11.5 Å². The van der Waals surface area contributed by atoms with Gasteiger partial charge in [0.25, 0.3) is 0 Å². The molecule has 2 rings (SSSR count). The van der Waals surface area contributed by atoms with E-state index in [4.69, 9.17) is 9.47 Å². The normalized spacial score (nSPS) is 10.6. The summed E-state index contributed by atoms with van der Waals surface area (Å²) < 4.78 is 10.1. The van der Waals surface area contributed by atoms with Gasteiger partial charge in [-0.05, 0) is 49.2 Å². The van der Waals surface area contributed by atoms with Crippen molar-refractivity contribution in [2.75, 3.05) is 19.5 Å². The van der Waals surface area contributed by atoms with Crippen LogP contribution in [0.15, 0.2) is 35.4 Å². The van der Waals surface area contributed by atoms with Gasteiger partial charge in [-0.2, -0.15) is 5.10 Å². The second kappa shape index (κ2) is 10.1. The Morgan fingerprint density at radius 1 is 1.00 bits per heavy atom. The Labute approximate surface area is 169 Å². The van der Waals surface area contributed by atoms with Crippen LogP contribution in [0, 0.1) is 13.8 Å². The molecule has 29 heavy (non-hydrogen) atoms. The fraction of sp³-hybridized carbons (Fsp3) is 0.286. The van der Waals surface area contributed by atoms with Crippen molar-refractivity contribution < 1.29 is 24.2 Å². The number of nitrogens with zero attached hydrogens (tertiary/aromatic N) is 1. The Balaban J connectivity index is 1.85. The summed E-state index contributed by atoms with van der Waals surface area (Å²) in [6.07, 6.45) is 1.42. The lowest BCUT2D eigenvalue weighted by Crippen LogP contribution is -2.20. The third-order valence-corrected chi connectivity index (χ3v) is 4.27. The second-order valence-electron chi connectivity index (χ2n) is 6.41. The quantitative estimate of drug-likeness (QED) is 0.467. The number of phenolic OH excluding ortho intramolecular Hbond substituents is 1. The predicted molar refractivity (Wildman–Crippen MR) is 111 cm³/mol. The van der Waals surface area contributed by atoms with Crippen molar-refractivity contribution in [1.82, 2.24) is 5.43 Å². The highest BCUT2D eigenvalue weighted by Gasteiger charge is 2.11. The van der Waals surface area contributed by atoms with Crippen LogP contribution < -0.4 is 20.2 Å². The Kier molecular flexibility index (Phi) is 7.59. The predicted octanol–water partition coefficient (Wildman–Crippen LogP) is 2.90. The molecule has 2 aromatic carbocycles. The summed E-state index contributed by atoms with van der Waals surface area (Å²) in [5.41, 5.74) is 5.85. The monoisotopic (exact) mass is 399 g/mol. The molecule has 2 aromatic rings. The van der Waals surface area contributed by atoms with Crippen LogP contribution in [0.5, 0.6) is 17.2 Å². The lowest BCUT2D eigenvalue weighted by Gasteiger charge is -2.09. The first kappa shape index (κ1) is 21.7. The van der Waals surface area contributed by atoms with E-state index in [0.29, 0.717) is 11.3 Å². The number of benzene rings is 2. The van der Waals surface area contributed by atoms with Crippen LogP contribution in [0.1, 0.15) is 29.5 Å². The number of carbonyl (C=O) groups excluding carboxylic acids is 2. The maximum absolute atomic E-state index is 12.0. The van der Waals surface area contributed by atoms with Crippen LogP contribution in [0.3, 0.4) is 0 Å². The van der Waals surface area contributed by atoms with Gasteiger partial charge in [0.05, 0.1) is 20.4 Å². The van der Waals surface area contributed by atoms with Crippen molar-refractivity contribution in [3.8, 4) is 17.2 Å². The van der Waals surface area contributed by atoms with Gasteiger partial charge >= 0.3 is 0 Å². The summed E-state index contributed by atoms with van der Waals surface area (Å²) in [5.74, 6) is -0.319. The molecular formula is C21H25N3O5. The van der Waals surface area contributed by atoms with Crippen molar-refractivity contribution in [2.24, 2.45) is 5.10 Å². The van der Waals surface area contributed by atoms with E-state index in [0.717, 1.165) is 11.1 Å². The standard InChI is InChI=1S/C21H25N3O5/c1-13-5-6-16(9-14(13)2)23-19(25)7-8-20(26)24-22-12-15-10-17(28-3)21(27)18(11-15)29-4/h5-6,9-12,27H,7-8H2,1-4H3,(H,23,25)(H,24,26)/b22-12+. The van der Waals surface area contributed by atoms with E-state index in [-0.39, 0.29) is 36.0 Å². The molecule has 0 heterocycles. The molecule has 8 heteroatoms. The van der Waals surface area contributed by atoms with Crippen LogP contribution in [-0.4, -0.2) is 37.4 Å². The van der Waals surface area contributed by atoms with E-state index >= 15 is 0 Å². The molecule has 0 bridgehead atoms. The van der Waals surface area contributed by atoms with Gasteiger partial charge in [0, 0.05) is 24.1 Å². The number of hydrogen-bond donors (Lipinski definition) is 3. The number of hydrazone groups is 1. The molecule has 0 spiro atoms. The fourth-order valence-corrected chi connectivity index (χ4v) is 2.49. The number of ether oxygens (including phenoxy) is 2. The summed E-state index contributed by atoms with van der Waals surface area (Å²) in [4.78, 5) is 23.9. The van der Waals surface area contributed by atoms with Crippen molar-refractivity contribution >= 4 is 23.7 Å². The molecule has 0 aliphatic heterocycles. The van der Waals surface area contributed by atoms with E-state index in [1.165, 1.54) is 20.4 Å². The highest BCUT2D eigenvalue weighted by molar-refractivity contribution is 5.93. The zero-order valence-corrected chi connectivity index (χ0v) is 16.9. The van der Waals surface area contributed by atoms with Crippen LogP contribution in [0.4, 0.5) is 5.69 Å². The molecule has 3 N–H and O–H groups in total. The molecule has 0 aliphatic carbocycles. The summed E-state index contributed by atoms with van der Waals surface area (Å²) in [6, 6.07) is 8.73. The lowest BCUT2D eigenvalue weighted by molar-refractivity contribution is -0.124. The van der Waals surface area contributed by atoms with Gasteiger partial charge in [0.1, 0.15) is 0 Å². The van der Waals surface area contributed by atoms with Gasteiger partial charge in [-0.1, -0.05) is 6.07 Å². The number of carbonyl (C=O) groups is 2. The van der Waals surface area contributed by atoms with E-state index in [2.05, 4.69) is 15.8 Å². The number of nitrogens with one attached hydrogen (secondary N) is 2. The highest BCUT2D eigenvalue weighted by Crippen LogP contribution is 2.36. The summed E-state index contributed by atoms with van der Waals surface area (Å²) >= 11 is 0. The number of aryl methyl sites for hydroxylation is 2. The molecule has 2 amide bonds. The first-order chi connectivity index (χ1) is 13.8. The maximum atomic E-state index is 12.0. The largest absolute Gasteiger partial charge is 0.502 e. The molecular weight excluding hydrogens is 374 g/mol. The third-order valence-electron chi connectivity index (χ3n) is 4.27. The molecule has 0 aliphatic rings. The smallest absolute Gasteiger partial charge is 0.240 e.